The van der Waals surface area contributed by atoms with Crippen LogP contribution in [-0.2, 0) is 5.92 Å². The van der Waals surface area contributed by atoms with Crippen molar-refractivity contribution in [3.63, 3.8) is 0 Å². The zero-order valence-corrected chi connectivity index (χ0v) is 6.62. The predicted octanol–water partition coefficient (Wildman–Crippen LogP) is 1.45. The maximum atomic E-state index is 12.6. The van der Waals surface area contributed by atoms with Crippen LogP contribution in [0.5, 0.6) is 0 Å². The molecule has 0 radical (unpaired) electrons. The minimum atomic E-state index is -6.38. The van der Waals surface area contributed by atoms with Crippen molar-refractivity contribution < 1.29 is 30.7 Å². The van der Waals surface area contributed by atoms with Crippen LogP contribution in [0.2, 0.25) is 0 Å². The normalized spacial score (nSPS) is 13.4. The SMILES string of the molecule is FC(F)(F)C(F)(F)C(F)(F)c1nc[nH]n1.[KH]. The molecule has 0 aromatic carbocycles. The topological polar surface area (TPSA) is 41.6 Å². The molecule has 1 aromatic rings. The molecule has 0 aliphatic carbocycles. The average molecular weight is 277 g/mol. The number of aromatic amines is 1. The number of alkyl halides is 7. The summed E-state index contributed by atoms with van der Waals surface area (Å²) in [5.41, 5.74) is 0. The van der Waals surface area contributed by atoms with Crippen molar-refractivity contribution >= 4 is 51.4 Å². The van der Waals surface area contributed by atoms with E-state index in [9.17, 15) is 30.7 Å². The van der Waals surface area contributed by atoms with Crippen molar-refractivity contribution in [2.45, 2.75) is 18.0 Å². The van der Waals surface area contributed by atoms with E-state index in [0.29, 0.717) is 6.33 Å². The molecule has 0 saturated carbocycles. The van der Waals surface area contributed by atoms with E-state index in [0.717, 1.165) is 0 Å². The first-order valence-corrected chi connectivity index (χ1v) is 3.29. The molecular weight excluding hydrogens is 274 g/mol. The van der Waals surface area contributed by atoms with Crippen LogP contribution in [0.4, 0.5) is 30.7 Å². The molecule has 11 heteroatoms. The van der Waals surface area contributed by atoms with E-state index in [1.807, 2.05) is 0 Å². The Hall–Kier alpha value is 0.286. The van der Waals surface area contributed by atoms with Gasteiger partial charge < -0.3 is 0 Å². The van der Waals surface area contributed by atoms with Gasteiger partial charge in [-0.1, -0.05) is 0 Å². The number of hydrogen-bond donors (Lipinski definition) is 1. The summed E-state index contributed by atoms with van der Waals surface area (Å²) in [6, 6.07) is 0. The van der Waals surface area contributed by atoms with Crippen LogP contribution < -0.4 is 0 Å². The number of nitrogens with one attached hydrogen (secondary N) is 1. The standard InChI is InChI=1S/C5H2F7N3.K.H/c6-3(7,2-13-1-14-15-2)4(8,9)5(10,11)12;;/h1H,(H,13,14,15);;. The molecule has 1 aromatic heterocycles. The Kier molecular flexibility index (Phi) is 4.97. The molecular formula is C5H3F7KN3. The van der Waals surface area contributed by atoms with Crippen LogP contribution in [0.1, 0.15) is 5.82 Å². The van der Waals surface area contributed by atoms with E-state index in [4.69, 9.17) is 0 Å². The van der Waals surface area contributed by atoms with Crippen molar-refractivity contribution in [2.24, 2.45) is 0 Å². The molecule has 0 fully saturated rings. The van der Waals surface area contributed by atoms with Crippen LogP contribution in [0.25, 0.3) is 0 Å². The van der Waals surface area contributed by atoms with Crippen LogP contribution in [0.15, 0.2) is 6.33 Å². The van der Waals surface area contributed by atoms with Gasteiger partial charge in [-0.2, -0.15) is 35.8 Å². The van der Waals surface area contributed by atoms with Crippen LogP contribution in [0.3, 0.4) is 0 Å². The Morgan fingerprint density at radius 2 is 1.50 bits per heavy atom. The first-order valence-electron chi connectivity index (χ1n) is 3.29. The Labute approximate surface area is 126 Å². The summed E-state index contributed by atoms with van der Waals surface area (Å²) in [5, 5.41) is 4.12. The Bertz CT molecular complexity index is 332. The Morgan fingerprint density at radius 3 is 1.81 bits per heavy atom. The van der Waals surface area contributed by atoms with Gasteiger partial charge in [-0.05, 0) is 0 Å². The monoisotopic (exact) mass is 277 g/mol. The summed E-state index contributed by atoms with van der Waals surface area (Å²) in [6.45, 7) is 0. The van der Waals surface area contributed by atoms with Crippen molar-refractivity contribution in [2.75, 3.05) is 0 Å². The molecule has 0 aliphatic rings. The number of nitrogens with zero attached hydrogens (tertiary/aromatic N) is 2. The third-order valence-electron chi connectivity index (χ3n) is 1.45. The number of aromatic nitrogens is 3. The summed E-state index contributed by atoms with van der Waals surface area (Å²) in [6.07, 6.45) is -5.91. The van der Waals surface area contributed by atoms with Gasteiger partial charge in [0.2, 0.25) is 5.82 Å². The van der Waals surface area contributed by atoms with E-state index in [-0.39, 0.29) is 51.4 Å². The molecule has 1 heterocycles. The fourth-order valence-electron chi connectivity index (χ4n) is 0.679. The van der Waals surface area contributed by atoms with Crippen LogP contribution >= 0.6 is 0 Å². The van der Waals surface area contributed by atoms with Gasteiger partial charge in [-0.15, -0.1) is 0 Å². The van der Waals surface area contributed by atoms with E-state index >= 15 is 0 Å². The van der Waals surface area contributed by atoms with Gasteiger partial charge in [0.05, 0.1) is 0 Å². The third-order valence-corrected chi connectivity index (χ3v) is 1.45. The van der Waals surface area contributed by atoms with Crippen molar-refractivity contribution in [1.82, 2.24) is 15.2 Å². The summed E-state index contributed by atoms with van der Waals surface area (Å²) in [5.74, 6) is -13.6. The molecule has 0 aliphatic heterocycles. The second-order valence-corrected chi connectivity index (χ2v) is 2.47. The predicted molar refractivity (Wildman–Crippen MR) is 38.4 cm³/mol. The van der Waals surface area contributed by atoms with Crippen LogP contribution in [-0.4, -0.2) is 78.7 Å². The number of rotatable bonds is 2. The molecule has 3 nitrogen and oxygen atoms in total. The molecule has 0 atom stereocenters. The fourth-order valence-corrected chi connectivity index (χ4v) is 0.679. The van der Waals surface area contributed by atoms with E-state index in [1.165, 1.54) is 0 Å². The molecule has 0 bridgehead atoms. The van der Waals surface area contributed by atoms with Gasteiger partial charge in [0.15, 0.2) is 0 Å². The summed E-state index contributed by atoms with van der Waals surface area (Å²) < 4.78 is 84.8. The summed E-state index contributed by atoms with van der Waals surface area (Å²) in [4.78, 5) is 2.57. The first-order chi connectivity index (χ1) is 6.61. The van der Waals surface area contributed by atoms with Gasteiger partial charge in [0, 0.05) is 0 Å². The molecule has 16 heavy (non-hydrogen) atoms. The van der Waals surface area contributed by atoms with Crippen LogP contribution in [0, 0.1) is 0 Å². The molecule has 88 valence electrons. The fraction of sp³-hybridized carbons (Fsp3) is 0.600. The van der Waals surface area contributed by atoms with E-state index in [1.54, 1.807) is 5.10 Å². The number of halogens is 7. The molecule has 0 amide bonds. The molecule has 0 unspecified atom stereocenters. The van der Waals surface area contributed by atoms with Gasteiger partial charge in [-0.25, -0.2) is 4.98 Å². The van der Waals surface area contributed by atoms with E-state index < -0.39 is 23.8 Å². The summed E-state index contributed by atoms with van der Waals surface area (Å²) >= 11 is 0. The van der Waals surface area contributed by atoms with Gasteiger partial charge >= 0.3 is 69.4 Å². The molecule has 0 spiro atoms. The number of hydrogen-bond acceptors (Lipinski definition) is 2. The maximum absolute atomic E-state index is 12.6. The Morgan fingerprint density at radius 1 is 1.00 bits per heavy atom. The second kappa shape index (κ2) is 4.88. The van der Waals surface area contributed by atoms with Crippen molar-refractivity contribution in [1.29, 1.82) is 0 Å². The number of H-pyrrole nitrogens is 1. The minimum absolute atomic E-state index is 0. The van der Waals surface area contributed by atoms with Gasteiger partial charge in [0.1, 0.15) is 6.33 Å². The average Bonchev–Trinajstić information content (AvgIpc) is 2.53. The molecule has 1 N–H and O–H groups in total. The first kappa shape index (κ1) is 16.3. The summed E-state index contributed by atoms with van der Waals surface area (Å²) in [7, 11) is 0. The van der Waals surface area contributed by atoms with Crippen molar-refractivity contribution in [3.05, 3.63) is 12.2 Å². The van der Waals surface area contributed by atoms with Gasteiger partial charge in [0.25, 0.3) is 0 Å². The van der Waals surface area contributed by atoms with E-state index in [2.05, 4.69) is 10.1 Å². The Balaban J connectivity index is 0.00000225. The van der Waals surface area contributed by atoms with Gasteiger partial charge in [-0.3, -0.25) is 5.10 Å². The zero-order chi connectivity index (χ0) is 11.9. The third kappa shape index (κ3) is 2.58. The zero-order valence-electron chi connectivity index (χ0n) is 6.62. The second-order valence-electron chi connectivity index (χ2n) is 2.47. The molecule has 0 saturated heterocycles. The van der Waals surface area contributed by atoms with Crippen molar-refractivity contribution in [3.8, 4) is 0 Å². The quantitative estimate of drug-likeness (QED) is 0.656. The molecule has 1 rings (SSSR count).